The molecule has 0 unspecified atom stereocenters. The highest BCUT2D eigenvalue weighted by Gasteiger charge is 2.14. The first-order valence-corrected chi connectivity index (χ1v) is 7.79. The van der Waals surface area contributed by atoms with Gasteiger partial charge in [-0.2, -0.15) is 0 Å². The van der Waals surface area contributed by atoms with E-state index < -0.39 is 11.8 Å². The molecule has 0 atom stereocenters. The van der Waals surface area contributed by atoms with Gasteiger partial charge >= 0.3 is 5.97 Å². The van der Waals surface area contributed by atoms with Crippen molar-refractivity contribution in [3.05, 3.63) is 70.8 Å². The van der Waals surface area contributed by atoms with Gasteiger partial charge in [0.05, 0.1) is 0 Å². The van der Waals surface area contributed by atoms with Gasteiger partial charge in [0, 0.05) is 23.3 Å². The van der Waals surface area contributed by atoms with Gasteiger partial charge < -0.3 is 9.63 Å². The van der Waals surface area contributed by atoms with Crippen LogP contribution in [0.25, 0.3) is 16.8 Å². The minimum absolute atomic E-state index is 0.296. The van der Waals surface area contributed by atoms with Crippen molar-refractivity contribution < 1.29 is 18.8 Å². The van der Waals surface area contributed by atoms with Gasteiger partial charge in [0.2, 0.25) is 0 Å². The third-order valence-electron chi connectivity index (χ3n) is 3.82. The fourth-order valence-electron chi connectivity index (χ4n) is 2.48. The Morgan fingerprint density at radius 3 is 2.44 bits per heavy atom. The summed E-state index contributed by atoms with van der Waals surface area (Å²) in [5, 5.41) is 12.7. The molecule has 0 fully saturated rings. The number of carboxylic acids is 1. The number of aryl methyl sites for hydroxylation is 2. The molecule has 2 rings (SSSR count). The standard InChI is InChI=1S/C20H20FNO3/c1-12(10-19(23)24)8-9-16(21)15(4)18-11-17(22-25-18)20-13(2)6-5-7-14(20)3/h5-11H,1-4H3,(H,23,24)/b9-8+,12-10+,16-15+. The molecule has 25 heavy (non-hydrogen) atoms. The Bertz CT molecular complexity index is 868. The molecule has 0 aliphatic carbocycles. The molecule has 5 heteroatoms. The molecule has 1 aromatic carbocycles. The van der Waals surface area contributed by atoms with Gasteiger partial charge in [0.25, 0.3) is 0 Å². The number of nitrogens with zero attached hydrogens (tertiary/aromatic N) is 1. The Kier molecular flexibility index (Phi) is 5.70. The molecule has 0 saturated carbocycles. The predicted octanol–water partition coefficient (Wildman–Crippen LogP) is 5.25. The SMILES string of the molecule is CC(/C=C/C(F)=C(/C)c1cc(-c2c(C)cccc2C)no1)=C\C(=O)O. The van der Waals surface area contributed by atoms with E-state index in [1.165, 1.54) is 12.2 Å². The summed E-state index contributed by atoms with van der Waals surface area (Å²) in [6, 6.07) is 7.65. The van der Waals surface area contributed by atoms with Crippen LogP contribution in [0.5, 0.6) is 0 Å². The topological polar surface area (TPSA) is 63.3 Å². The Hall–Kier alpha value is -2.95. The molecular formula is C20H20FNO3. The minimum Gasteiger partial charge on any atom is -0.478 e. The molecule has 1 aromatic heterocycles. The van der Waals surface area contributed by atoms with E-state index in [0.29, 0.717) is 22.6 Å². The van der Waals surface area contributed by atoms with Gasteiger partial charge in [-0.05, 0) is 50.5 Å². The molecule has 1 heterocycles. The maximum absolute atomic E-state index is 14.3. The smallest absolute Gasteiger partial charge is 0.328 e. The second-order valence-electron chi connectivity index (χ2n) is 5.88. The normalized spacial score (nSPS) is 13.2. The second kappa shape index (κ2) is 7.75. The van der Waals surface area contributed by atoms with Crippen LogP contribution in [-0.2, 0) is 4.79 Å². The fraction of sp³-hybridized carbons (Fsp3) is 0.200. The zero-order chi connectivity index (χ0) is 18.6. The summed E-state index contributed by atoms with van der Waals surface area (Å²) in [5.74, 6) is -1.25. The lowest BCUT2D eigenvalue weighted by Crippen LogP contribution is -1.88. The highest BCUT2D eigenvalue weighted by Crippen LogP contribution is 2.29. The maximum Gasteiger partial charge on any atom is 0.328 e. The first kappa shape index (κ1) is 18.4. The monoisotopic (exact) mass is 341 g/mol. The number of aliphatic carboxylic acids is 1. The van der Waals surface area contributed by atoms with Crippen molar-refractivity contribution >= 4 is 11.5 Å². The highest BCUT2D eigenvalue weighted by atomic mass is 19.1. The molecule has 0 saturated heterocycles. The van der Waals surface area contributed by atoms with Crippen LogP contribution in [0.2, 0.25) is 0 Å². The van der Waals surface area contributed by atoms with Crippen LogP contribution in [0.4, 0.5) is 4.39 Å². The van der Waals surface area contributed by atoms with Crippen molar-refractivity contribution in [2.45, 2.75) is 27.7 Å². The van der Waals surface area contributed by atoms with Crippen LogP contribution < -0.4 is 0 Å². The number of hydrogen-bond acceptors (Lipinski definition) is 3. The van der Waals surface area contributed by atoms with Gasteiger partial charge in [-0.3, -0.25) is 0 Å². The number of carbonyl (C=O) groups is 1. The molecule has 0 aliphatic heterocycles. The molecule has 130 valence electrons. The van der Waals surface area contributed by atoms with E-state index >= 15 is 0 Å². The quantitative estimate of drug-likeness (QED) is 0.596. The number of carboxylic acid groups (broad SMARTS) is 1. The first-order chi connectivity index (χ1) is 11.8. The highest BCUT2D eigenvalue weighted by molar-refractivity contribution is 5.81. The summed E-state index contributed by atoms with van der Waals surface area (Å²) >= 11 is 0. The van der Waals surface area contributed by atoms with E-state index in [0.717, 1.165) is 22.8 Å². The summed E-state index contributed by atoms with van der Waals surface area (Å²) in [7, 11) is 0. The number of halogens is 1. The van der Waals surface area contributed by atoms with Gasteiger partial charge in [-0.1, -0.05) is 29.4 Å². The Morgan fingerprint density at radius 1 is 1.20 bits per heavy atom. The van der Waals surface area contributed by atoms with Gasteiger partial charge in [0.15, 0.2) is 5.76 Å². The lowest BCUT2D eigenvalue weighted by atomic mass is 9.99. The summed E-state index contributed by atoms with van der Waals surface area (Å²) in [5.41, 5.74) is 4.49. The van der Waals surface area contributed by atoms with E-state index in [1.54, 1.807) is 19.9 Å². The molecule has 2 aromatic rings. The third kappa shape index (κ3) is 4.53. The number of rotatable bonds is 5. The van der Waals surface area contributed by atoms with Crippen LogP contribution in [0.3, 0.4) is 0 Å². The number of hydrogen-bond donors (Lipinski definition) is 1. The maximum atomic E-state index is 14.3. The van der Waals surface area contributed by atoms with Crippen LogP contribution >= 0.6 is 0 Å². The molecule has 4 nitrogen and oxygen atoms in total. The van der Waals surface area contributed by atoms with Crippen molar-refractivity contribution in [1.29, 1.82) is 0 Å². The molecular weight excluding hydrogens is 321 g/mol. The van der Waals surface area contributed by atoms with Crippen molar-refractivity contribution in [2.75, 3.05) is 0 Å². The number of aromatic nitrogens is 1. The summed E-state index contributed by atoms with van der Waals surface area (Å²) in [4.78, 5) is 10.6. The van der Waals surface area contributed by atoms with Crippen molar-refractivity contribution in [3.8, 4) is 11.3 Å². The lowest BCUT2D eigenvalue weighted by Gasteiger charge is -2.04. The van der Waals surface area contributed by atoms with Crippen LogP contribution in [0, 0.1) is 13.8 Å². The number of benzene rings is 1. The van der Waals surface area contributed by atoms with Crippen molar-refractivity contribution in [1.82, 2.24) is 5.16 Å². The predicted molar refractivity (Wildman–Crippen MR) is 95.6 cm³/mol. The second-order valence-corrected chi connectivity index (χ2v) is 5.88. The molecule has 0 radical (unpaired) electrons. The first-order valence-electron chi connectivity index (χ1n) is 7.79. The van der Waals surface area contributed by atoms with E-state index in [4.69, 9.17) is 9.63 Å². The van der Waals surface area contributed by atoms with Gasteiger partial charge in [-0.25, -0.2) is 9.18 Å². The van der Waals surface area contributed by atoms with Crippen molar-refractivity contribution in [3.63, 3.8) is 0 Å². The van der Waals surface area contributed by atoms with Gasteiger partial charge in [-0.15, -0.1) is 0 Å². The zero-order valence-corrected chi connectivity index (χ0v) is 14.6. The lowest BCUT2D eigenvalue weighted by molar-refractivity contribution is -0.131. The summed E-state index contributed by atoms with van der Waals surface area (Å²) in [6.07, 6.45) is 3.62. The van der Waals surface area contributed by atoms with Crippen LogP contribution in [0.1, 0.15) is 30.7 Å². The Labute approximate surface area is 146 Å². The molecule has 0 spiro atoms. The van der Waals surface area contributed by atoms with E-state index in [2.05, 4.69) is 5.16 Å². The van der Waals surface area contributed by atoms with E-state index in [1.807, 2.05) is 32.0 Å². The zero-order valence-electron chi connectivity index (χ0n) is 14.6. The molecule has 0 amide bonds. The summed E-state index contributed by atoms with van der Waals surface area (Å²) < 4.78 is 19.6. The minimum atomic E-state index is -1.07. The molecule has 1 N–H and O–H groups in total. The van der Waals surface area contributed by atoms with Gasteiger partial charge in [0.1, 0.15) is 11.5 Å². The van der Waals surface area contributed by atoms with E-state index in [-0.39, 0.29) is 0 Å². The largest absolute Gasteiger partial charge is 0.478 e. The Balaban J connectivity index is 2.32. The molecule has 0 aliphatic rings. The fourth-order valence-corrected chi connectivity index (χ4v) is 2.48. The average molecular weight is 341 g/mol. The number of allylic oxidation sites excluding steroid dienone is 5. The average Bonchev–Trinajstić information content (AvgIpc) is 3.00. The summed E-state index contributed by atoms with van der Waals surface area (Å²) in [6.45, 7) is 7.15. The third-order valence-corrected chi connectivity index (χ3v) is 3.82. The van der Waals surface area contributed by atoms with Crippen molar-refractivity contribution in [2.24, 2.45) is 0 Å². The van der Waals surface area contributed by atoms with Crippen LogP contribution in [-0.4, -0.2) is 16.2 Å². The Morgan fingerprint density at radius 2 is 1.84 bits per heavy atom. The van der Waals surface area contributed by atoms with E-state index in [9.17, 15) is 9.18 Å². The molecule has 0 bridgehead atoms. The van der Waals surface area contributed by atoms with Crippen LogP contribution in [0.15, 0.2) is 58.4 Å².